The lowest BCUT2D eigenvalue weighted by Gasteiger charge is -2.40. The molecule has 0 spiro atoms. The molecule has 1 saturated heterocycles. The molecule has 5 heteroatoms. The van der Waals surface area contributed by atoms with E-state index in [1.54, 1.807) is 0 Å². The average molecular weight is 435 g/mol. The van der Waals surface area contributed by atoms with Gasteiger partial charge < -0.3 is 15.1 Å². The van der Waals surface area contributed by atoms with Gasteiger partial charge in [0.15, 0.2) is 0 Å². The smallest absolute Gasteiger partial charge is 0.223 e. The van der Waals surface area contributed by atoms with E-state index in [1.807, 2.05) is 0 Å². The first-order chi connectivity index (χ1) is 15.6. The highest BCUT2D eigenvalue weighted by molar-refractivity contribution is 5.78. The van der Waals surface area contributed by atoms with Crippen LogP contribution in [0.4, 0.5) is 11.4 Å². The van der Waals surface area contributed by atoms with E-state index in [4.69, 9.17) is 0 Å². The number of nitrogens with zero attached hydrogens (tertiary/aromatic N) is 3. The molecular formula is C27H38N4O. The molecule has 0 unspecified atom stereocenters. The van der Waals surface area contributed by atoms with Gasteiger partial charge in [-0.2, -0.15) is 0 Å². The Labute approximate surface area is 193 Å². The lowest BCUT2D eigenvalue weighted by atomic mass is 9.88. The van der Waals surface area contributed by atoms with Crippen LogP contribution in [0, 0.1) is 5.92 Å². The predicted molar refractivity (Wildman–Crippen MR) is 133 cm³/mol. The maximum Gasteiger partial charge on any atom is 0.223 e. The Hall–Kier alpha value is -2.53. The quantitative estimate of drug-likeness (QED) is 0.705. The van der Waals surface area contributed by atoms with Crippen LogP contribution in [-0.4, -0.2) is 57.6 Å². The molecule has 2 fully saturated rings. The molecule has 0 bridgehead atoms. The Bertz CT molecular complexity index is 838. The summed E-state index contributed by atoms with van der Waals surface area (Å²) in [4.78, 5) is 20.0. The highest BCUT2D eigenvalue weighted by Gasteiger charge is 2.27. The first kappa shape index (κ1) is 22.7. The molecule has 1 aliphatic heterocycles. The first-order valence-corrected chi connectivity index (χ1v) is 12.2. The third kappa shape index (κ3) is 5.63. The summed E-state index contributed by atoms with van der Waals surface area (Å²) in [5.74, 6) is 0.456. The van der Waals surface area contributed by atoms with E-state index in [1.165, 1.54) is 36.2 Å². The van der Waals surface area contributed by atoms with Gasteiger partial charge >= 0.3 is 0 Å². The molecule has 1 amide bonds. The van der Waals surface area contributed by atoms with Crippen molar-refractivity contribution in [3.8, 4) is 0 Å². The molecule has 1 atom stereocenters. The highest BCUT2D eigenvalue weighted by Crippen LogP contribution is 2.27. The molecule has 5 nitrogen and oxygen atoms in total. The fourth-order valence-electron chi connectivity index (χ4n) is 5.09. The molecule has 4 rings (SSSR count). The summed E-state index contributed by atoms with van der Waals surface area (Å²) < 4.78 is 0. The van der Waals surface area contributed by atoms with Crippen molar-refractivity contribution in [1.29, 1.82) is 0 Å². The van der Waals surface area contributed by atoms with E-state index in [0.29, 0.717) is 6.54 Å². The maximum absolute atomic E-state index is 12.9. The number of rotatable bonds is 7. The van der Waals surface area contributed by atoms with E-state index in [-0.39, 0.29) is 17.9 Å². The second kappa shape index (κ2) is 10.9. The molecular weight excluding hydrogens is 396 g/mol. The van der Waals surface area contributed by atoms with Gasteiger partial charge in [0.05, 0.1) is 6.04 Å². The minimum absolute atomic E-state index is 0.204. The number of nitrogens with one attached hydrogen (secondary N) is 1. The van der Waals surface area contributed by atoms with Gasteiger partial charge in [-0.1, -0.05) is 49.6 Å². The van der Waals surface area contributed by atoms with Crippen LogP contribution in [0.3, 0.4) is 0 Å². The third-order valence-corrected chi connectivity index (χ3v) is 7.12. The van der Waals surface area contributed by atoms with Crippen LogP contribution in [0.25, 0.3) is 0 Å². The number of amides is 1. The molecule has 2 aromatic carbocycles. The van der Waals surface area contributed by atoms with Crippen molar-refractivity contribution in [3.63, 3.8) is 0 Å². The summed E-state index contributed by atoms with van der Waals surface area (Å²) in [5.41, 5.74) is 3.78. The number of piperazine rings is 1. The molecule has 1 N–H and O–H groups in total. The van der Waals surface area contributed by atoms with Crippen molar-refractivity contribution in [2.45, 2.75) is 38.1 Å². The number of hydrogen-bond acceptors (Lipinski definition) is 4. The number of carbonyl (C=O) groups excluding carboxylic acids is 1. The second-order valence-corrected chi connectivity index (χ2v) is 9.44. The largest absolute Gasteiger partial charge is 0.378 e. The summed E-state index contributed by atoms with van der Waals surface area (Å²) >= 11 is 0. The summed E-state index contributed by atoms with van der Waals surface area (Å²) in [6.45, 7) is 4.68. The van der Waals surface area contributed by atoms with Gasteiger partial charge in [-0.25, -0.2) is 0 Å². The van der Waals surface area contributed by atoms with E-state index >= 15 is 0 Å². The third-order valence-electron chi connectivity index (χ3n) is 7.12. The number of benzene rings is 2. The van der Waals surface area contributed by atoms with Gasteiger partial charge in [-0.15, -0.1) is 0 Å². The fourth-order valence-corrected chi connectivity index (χ4v) is 5.09. The molecule has 0 radical (unpaired) electrons. The molecule has 1 heterocycles. The number of anilines is 2. The van der Waals surface area contributed by atoms with Crippen molar-refractivity contribution in [1.82, 2.24) is 10.2 Å². The van der Waals surface area contributed by atoms with E-state index in [9.17, 15) is 4.79 Å². The Morgan fingerprint density at radius 1 is 0.938 bits per heavy atom. The van der Waals surface area contributed by atoms with E-state index in [0.717, 1.165) is 39.0 Å². The molecule has 172 valence electrons. The Balaban J connectivity index is 1.44. The van der Waals surface area contributed by atoms with E-state index in [2.05, 4.69) is 88.7 Å². The van der Waals surface area contributed by atoms with E-state index < -0.39 is 0 Å². The second-order valence-electron chi connectivity index (χ2n) is 9.44. The van der Waals surface area contributed by atoms with Gasteiger partial charge in [0.2, 0.25) is 5.91 Å². The van der Waals surface area contributed by atoms with Crippen LogP contribution in [0.2, 0.25) is 0 Å². The van der Waals surface area contributed by atoms with Crippen LogP contribution in [0.5, 0.6) is 0 Å². The van der Waals surface area contributed by atoms with Crippen LogP contribution in [0.1, 0.15) is 43.7 Å². The normalized spacial score (nSPS) is 18.9. The van der Waals surface area contributed by atoms with Gasteiger partial charge in [0.1, 0.15) is 0 Å². The Morgan fingerprint density at radius 2 is 1.59 bits per heavy atom. The monoisotopic (exact) mass is 434 g/mol. The van der Waals surface area contributed by atoms with Gasteiger partial charge in [-0.05, 0) is 42.7 Å². The SMILES string of the molecule is CN(C)c1ccc([C@@H](CNC(=O)C2CCCCC2)N2CCN(c3ccccc3)CC2)cc1. The van der Waals surface area contributed by atoms with Crippen LogP contribution < -0.4 is 15.1 Å². The van der Waals surface area contributed by atoms with Crippen molar-refractivity contribution in [2.24, 2.45) is 5.92 Å². The van der Waals surface area contributed by atoms with Gasteiger partial charge in [0.25, 0.3) is 0 Å². The van der Waals surface area contributed by atoms with Crippen molar-refractivity contribution >= 4 is 17.3 Å². The highest BCUT2D eigenvalue weighted by atomic mass is 16.1. The molecule has 1 aliphatic carbocycles. The number of carbonyl (C=O) groups is 1. The standard InChI is InChI=1S/C27H38N4O/c1-29(2)24-15-13-22(14-16-24)26(21-28-27(32)23-9-5-3-6-10-23)31-19-17-30(18-20-31)25-11-7-4-8-12-25/h4,7-8,11-16,23,26H,3,5-6,9-10,17-21H2,1-2H3,(H,28,32)/t26-/m1/s1. The van der Waals surface area contributed by atoms with Gasteiger partial charge in [0, 0.05) is 64.1 Å². The molecule has 2 aromatic rings. The number of hydrogen-bond donors (Lipinski definition) is 1. The van der Waals surface area contributed by atoms with Crippen LogP contribution in [-0.2, 0) is 4.79 Å². The van der Waals surface area contributed by atoms with Crippen molar-refractivity contribution in [2.75, 3.05) is 56.6 Å². The molecule has 1 saturated carbocycles. The average Bonchev–Trinajstić information content (AvgIpc) is 2.86. The fraction of sp³-hybridized carbons (Fsp3) is 0.519. The topological polar surface area (TPSA) is 38.8 Å². The zero-order valence-electron chi connectivity index (χ0n) is 19.7. The van der Waals surface area contributed by atoms with Crippen LogP contribution >= 0.6 is 0 Å². The molecule has 2 aliphatic rings. The van der Waals surface area contributed by atoms with Crippen molar-refractivity contribution in [3.05, 3.63) is 60.2 Å². The zero-order valence-corrected chi connectivity index (χ0v) is 19.7. The first-order valence-electron chi connectivity index (χ1n) is 12.2. The summed E-state index contributed by atoms with van der Waals surface area (Å²) in [7, 11) is 4.14. The van der Waals surface area contributed by atoms with Gasteiger partial charge in [-0.3, -0.25) is 9.69 Å². The minimum Gasteiger partial charge on any atom is -0.378 e. The Kier molecular flexibility index (Phi) is 7.69. The number of para-hydroxylation sites is 1. The molecule has 32 heavy (non-hydrogen) atoms. The minimum atomic E-state index is 0.204. The maximum atomic E-state index is 12.9. The lowest BCUT2D eigenvalue weighted by molar-refractivity contribution is -0.126. The molecule has 0 aromatic heterocycles. The van der Waals surface area contributed by atoms with Crippen molar-refractivity contribution < 1.29 is 4.79 Å². The van der Waals surface area contributed by atoms with Crippen LogP contribution in [0.15, 0.2) is 54.6 Å². The summed E-state index contributed by atoms with van der Waals surface area (Å²) in [5, 5.41) is 3.32. The summed E-state index contributed by atoms with van der Waals surface area (Å²) in [6, 6.07) is 19.7. The zero-order chi connectivity index (χ0) is 22.3. The predicted octanol–water partition coefficient (Wildman–Crippen LogP) is 4.31. The summed E-state index contributed by atoms with van der Waals surface area (Å²) in [6.07, 6.45) is 5.74. The Morgan fingerprint density at radius 3 is 2.22 bits per heavy atom. The lowest BCUT2D eigenvalue weighted by Crippen LogP contribution is -2.50.